The summed E-state index contributed by atoms with van der Waals surface area (Å²) in [6.45, 7) is 4.65. The lowest BCUT2D eigenvalue weighted by Crippen LogP contribution is -2.30. The first-order valence-electron chi connectivity index (χ1n) is 9.90. The van der Waals surface area contributed by atoms with Gasteiger partial charge in [-0.15, -0.1) is 0 Å². The number of carbonyl (C=O) groups excluding carboxylic acids is 1. The first-order chi connectivity index (χ1) is 14.3. The second kappa shape index (κ2) is 8.05. The summed E-state index contributed by atoms with van der Waals surface area (Å²) in [5.41, 5.74) is 2.16. The number of pyridine rings is 1. The van der Waals surface area contributed by atoms with Crippen molar-refractivity contribution >= 4 is 32.9 Å². The number of rotatable bonds is 7. The topological polar surface area (TPSA) is 68.8 Å². The van der Waals surface area contributed by atoms with Gasteiger partial charge in [-0.2, -0.15) is 10.2 Å². The molecule has 1 aliphatic carbocycles. The van der Waals surface area contributed by atoms with Crippen molar-refractivity contribution in [3.05, 3.63) is 39.4 Å². The highest BCUT2D eigenvalue weighted by Gasteiger charge is 2.29. The van der Waals surface area contributed by atoms with E-state index in [9.17, 15) is 13.6 Å². The molecule has 160 valence electrons. The van der Waals surface area contributed by atoms with Gasteiger partial charge < -0.3 is 4.90 Å². The van der Waals surface area contributed by atoms with E-state index in [0.29, 0.717) is 29.0 Å². The van der Waals surface area contributed by atoms with E-state index in [0.717, 1.165) is 29.6 Å². The highest BCUT2D eigenvalue weighted by atomic mass is 79.9. The van der Waals surface area contributed by atoms with Gasteiger partial charge in [-0.25, -0.2) is 18.4 Å². The maximum Gasteiger partial charge on any atom is 0.264 e. The lowest BCUT2D eigenvalue weighted by Gasteiger charge is -2.16. The van der Waals surface area contributed by atoms with Gasteiger partial charge in [0.15, 0.2) is 5.65 Å². The Morgan fingerprint density at radius 3 is 2.70 bits per heavy atom. The molecule has 1 fully saturated rings. The fraction of sp³-hybridized carbons (Fsp3) is 0.500. The van der Waals surface area contributed by atoms with Crippen molar-refractivity contribution in [1.29, 1.82) is 0 Å². The highest BCUT2D eigenvalue weighted by molar-refractivity contribution is 9.10. The summed E-state index contributed by atoms with van der Waals surface area (Å²) < 4.78 is 31.5. The molecule has 7 nitrogen and oxygen atoms in total. The zero-order chi connectivity index (χ0) is 21.6. The molecule has 0 N–H and O–H groups in total. The maximum atomic E-state index is 13.7. The van der Waals surface area contributed by atoms with Gasteiger partial charge in [-0.1, -0.05) is 0 Å². The van der Waals surface area contributed by atoms with Crippen molar-refractivity contribution in [3.63, 3.8) is 0 Å². The van der Waals surface area contributed by atoms with Gasteiger partial charge >= 0.3 is 0 Å². The van der Waals surface area contributed by atoms with Crippen LogP contribution in [0.2, 0.25) is 0 Å². The van der Waals surface area contributed by atoms with Crippen LogP contribution >= 0.6 is 15.9 Å². The van der Waals surface area contributed by atoms with Crippen LogP contribution in [-0.4, -0.2) is 42.4 Å². The molecule has 3 heterocycles. The van der Waals surface area contributed by atoms with Crippen LogP contribution in [0.1, 0.15) is 54.8 Å². The van der Waals surface area contributed by atoms with Gasteiger partial charge in [-0.3, -0.25) is 9.48 Å². The van der Waals surface area contributed by atoms with E-state index in [4.69, 9.17) is 0 Å². The van der Waals surface area contributed by atoms with E-state index in [2.05, 4.69) is 31.1 Å². The molecule has 1 aliphatic rings. The maximum absolute atomic E-state index is 13.7. The second-order valence-electron chi connectivity index (χ2n) is 7.68. The van der Waals surface area contributed by atoms with E-state index >= 15 is 0 Å². The molecule has 4 rings (SSSR count). The summed E-state index contributed by atoms with van der Waals surface area (Å²) in [6, 6.07) is 1.50. The number of likely N-dealkylation sites (N-methyl/N-ethyl adjacent to an activating group) is 1. The molecule has 0 spiro atoms. The lowest BCUT2D eigenvalue weighted by molar-refractivity contribution is -0.131. The van der Waals surface area contributed by atoms with Crippen molar-refractivity contribution in [2.24, 2.45) is 0 Å². The van der Waals surface area contributed by atoms with Crippen molar-refractivity contribution in [3.8, 4) is 0 Å². The Hall–Kier alpha value is -2.36. The first kappa shape index (κ1) is 20.9. The third-order valence-corrected chi connectivity index (χ3v) is 6.03. The predicted molar refractivity (Wildman–Crippen MR) is 111 cm³/mol. The number of aryl methyl sites for hydroxylation is 2. The minimum atomic E-state index is -2.62. The fourth-order valence-electron chi connectivity index (χ4n) is 3.55. The summed E-state index contributed by atoms with van der Waals surface area (Å²) in [6.07, 6.45) is 1.16. The smallest absolute Gasteiger partial charge is 0.264 e. The van der Waals surface area contributed by atoms with Gasteiger partial charge in [0.1, 0.15) is 6.54 Å². The number of alkyl halides is 2. The van der Waals surface area contributed by atoms with Crippen LogP contribution in [0.3, 0.4) is 0 Å². The zero-order valence-electron chi connectivity index (χ0n) is 17.1. The van der Waals surface area contributed by atoms with E-state index < -0.39 is 6.43 Å². The summed E-state index contributed by atoms with van der Waals surface area (Å²) in [5.74, 6) is 0.0227. The third-order valence-electron chi connectivity index (χ3n) is 5.37. The first-order valence-corrected chi connectivity index (χ1v) is 10.7. The molecule has 0 radical (unpaired) electrons. The molecule has 0 aliphatic heterocycles. The summed E-state index contributed by atoms with van der Waals surface area (Å²) in [7, 11) is 1.69. The van der Waals surface area contributed by atoms with E-state index in [-0.39, 0.29) is 23.9 Å². The number of hydrogen-bond acceptors (Lipinski definition) is 4. The number of carbonyl (C=O) groups is 1. The average molecular weight is 481 g/mol. The Balaban J connectivity index is 1.61. The molecule has 1 amide bonds. The van der Waals surface area contributed by atoms with Crippen LogP contribution < -0.4 is 0 Å². The van der Waals surface area contributed by atoms with Crippen molar-refractivity contribution in [1.82, 2.24) is 29.4 Å². The lowest BCUT2D eigenvalue weighted by atomic mass is 10.1. The zero-order valence-corrected chi connectivity index (χ0v) is 18.7. The molecular formula is C20H23BrF2N6O. The molecule has 10 heteroatoms. The van der Waals surface area contributed by atoms with Crippen LogP contribution in [0.4, 0.5) is 8.78 Å². The van der Waals surface area contributed by atoms with Crippen molar-refractivity contribution in [2.75, 3.05) is 7.05 Å². The Morgan fingerprint density at radius 2 is 2.10 bits per heavy atom. The average Bonchev–Trinajstić information content (AvgIpc) is 3.44. The molecule has 3 aromatic rings. The number of nitrogens with zero attached hydrogens (tertiary/aromatic N) is 6. The number of hydrogen-bond donors (Lipinski definition) is 0. The minimum absolute atomic E-state index is 0.0551. The number of amides is 1. The normalized spacial score (nSPS) is 14.1. The quantitative estimate of drug-likeness (QED) is 0.508. The predicted octanol–water partition coefficient (Wildman–Crippen LogP) is 4.19. The highest BCUT2D eigenvalue weighted by Crippen LogP contribution is 2.41. The second-order valence-corrected chi connectivity index (χ2v) is 8.54. The molecule has 3 aromatic heterocycles. The Kier molecular flexibility index (Phi) is 5.61. The van der Waals surface area contributed by atoms with Gasteiger partial charge in [0.05, 0.1) is 27.8 Å². The Morgan fingerprint density at radius 1 is 1.37 bits per heavy atom. The van der Waals surface area contributed by atoms with Crippen LogP contribution in [0.5, 0.6) is 0 Å². The molecule has 0 unspecified atom stereocenters. The number of aromatic nitrogens is 5. The fourth-order valence-corrected chi connectivity index (χ4v) is 3.99. The molecule has 0 aromatic carbocycles. The summed E-state index contributed by atoms with van der Waals surface area (Å²) in [5, 5.41) is 9.14. The van der Waals surface area contributed by atoms with Crippen molar-refractivity contribution < 1.29 is 13.6 Å². The Labute approximate surface area is 181 Å². The van der Waals surface area contributed by atoms with Gasteiger partial charge in [0, 0.05) is 37.0 Å². The number of fused-ring (bicyclic) bond motifs is 1. The Bertz CT molecular complexity index is 1100. The van der Waals surface area contributed by atoms with Crippen LogP contribution in [-0.2, 0) is 24.4 Å². The molecule has 30 heavy (non-hydrogen) atoms. The van der Waals surface area contributed by atoms with Crippen molar-refractivity contribution in [2.45, 2.75) is 58.7 Å². The largest absolute Gasteiger partial charge is 0.338 e. The molecule has 1 saturated carbocycles. The standard InChI is InChI=1S/C20H23BrF2N6O/c1-4-28-8-14(21)16(26-28)9-27(3)17(30)10-29-20-18(11(2)25-29)13(19(22)23)7-15(24-20)12-5-6-12/h7-8,12,19H,4-6,9-10H2,1-3H3. The third kappa shape index (κ3) is 3.97. The minimum Gasteiger partial charge on any atom is -0.338 e. The summed E-state index contributed by atoms with van der Waals surface area (Å²) in [4.78, 5) is 19.0. The SMILES string of the molecule is CCn1cc(Br)c(CN(C)C(=O)Cn2nc(C)c3c(C(F)F)cc(C4CC4)nc32)n1. The summed E-state index contributed by atoms with van der Waals surface area (Å²) >= 11 is 3.47. The molecular weight excluding hydrogens is 458 g/mol. The monoisotopic (exact) mass is 480 g/mol. The van der Waals surface area contributed by atoms with E-state index in [1.54, 1.807) is 23.6 Å². The van der Waals surface area contributed by atoms with Gasteiger partial charge in [0.2, 0.25) is 5.91 Å². The molecule has 0 bridgehead atoms. The molecule has 0 saturated heterocycles. The number of halogens is 3. The van der Waals surface area contributed by atoms with Crippen LogP contribution in [0, 0.1) is 6.92 Å². The molecule has 0 atom stereocenters. The van der Waals surface area contributed by atoms with Gasteiger partial charge in [0.25, 0.3) is 6.43 Å². The van der Waals surface area contributed by atoms with E-state index in [1.807, 2.05) is 13.1 Å². The van der Waals surface area contributed by atoms with Crippen LogP contribution in [0.15, 0.2) is 16.7 Å². The van der Waals surface area contributed by atoms with Gasteiger partial charge in [-0.05, 0) is 48.7 Å². The van der Waals surface area contributed by atoms with E-state index in [1.165, 1.54) is 10.7 Å². The van der Waals surface area contributed by atoms with Crippen LogP contribution in [0.25, 0.3) is 11.0 Å².